The summed E-state index contributed by atoms with van der Waals surface area (Å²) in [6.45, 7) is 2.09. The van der Waals surface area contributed by atoms with E-state index >= 15 is 0 Å². The van der Waals surface area contributed by atoms with E-state index in [1.165, 1.54) is 0 Å². The summed E-state index contributed by atoms with van der Waals surface area (Å²) in [6, 6.07) is 11.0. The van der Waals surface area contributed by atoms with Gasteiger partial charge in [0, 0.05) is 31.9 Å². The van der Waals surface area contributed by atoms with Gasteiger partial charge in [-0.25, -0.2) is 0 Å². The van der Waals surface area contributed by atoms with Crippen molar-refractivity contribution in [3.05, 3.63) is 59.9 Å². The van der Waals surface area contributed by atoms with Gasteiger partial charge in [0.15, 0.2) is 0 Å². The molecule has 0 aliphatic carbocycles. The number of amides is 1. The number of carbonyl (C=O) groups excluding carboxylic acids is 1. The number of nitrogens with zero attached hydrogens (tertiary/aromatic N) is 2. The molecule has 1 saturated heterocycles. The number of phenolic OH excluding ortho intramolecular Hbond substituents is 1. The van der Waals surface area contributed by atoms with Gasteiger partial charge in [-0.3, -0.25) is 9.78 Å². The maximum Gasteiger partial charge on any atom is 0.222 e. The molecule has 2 heterocycles. The molecular weight excluding hydrogens is 316 g/mol. The van der Waals surface area contributed by atoms with Crippen LogP contribution in [0.4, 0.5) is 0 Å². The second kappa shape index (κ2) is 8.62. The van der Waals surface area contributed by atoms with Gasteiger partial charge in [0.25, 0.3) is 0 Å². The highest BCUT2D eigenvalue weighted by Crippen LogP contribution is 2.17. The molecule has 1 fully saturated rings. The zero-order chi connectivity index (χ0) is 17.5. The van der Waals surface area contributed by atoms with E-state index in [1.54, 1.807) is 18.3 Å². The zero-order valence-corrected chi connectivity index (χ0v) is 14.3. The van der Waals surface area contributed by atoms with Gasteiger partial charge in [0.05, 0.1) is 12.7 Å². The van der Waals surface area contributed by atoms with Crippen molar-refractivity contribution in [2.24, 2.45) is 0 Å². The highest BCUT2D eigenvalue weighted by molar-refractivity contribution is 5.76. The molecule has 25 heavy (non-hydrogen) atoms. The zero-order valence-electron chi connectivity index (χ0n) is 14.3. The number of aromatic nitrogens is 1. The minimum absolute atomic E-state index is 0.193. The summed E-state index contributed by atoms with van der Waals surface area (Å²) >= 11 is 0. The molecule has 0 radical (unpaired) electrons. The number of piperidine rings is 1. The van der Waals surface area contributed by atoms with E-state index in [4.69, 9.17) is 4.74 Å². The Bertz CT molecular complexity index is 665. The van der Waals surface area contributed by atoms with Gasteiger partial charge >= 0.3 is 0 Å². The van der Waals surface area contributed by atoms with E-state index in [0.29, 0.717) is 19.4 Å². The molecule has 0 saturated carbocycles. The Morgan fingerprint density at radius 3 is 2.60 bits per heavy atom. The Kier molecular flexibility index (Phi) is 6.01. The Hall–Kier alpha value is -2.40. The molecule has 5 nitrogen and oxygen atoms in total. The summed E-state index contributed by atoms with van der Waals surface area (Å²) in [7, 11) is 0. The van der Waals surface area contributed by atoms with Crippen LogP contribution in [0.1, 0.15) is 30.4 Å². The van der Waals surface area contributed by atoms with Crippen molar-refractivity contribution in [3.8, 4) is 5.75 Å². The van der Waals surface area contributed by atoms with Gasteiger partial charge in [0.2, 0.25) is 5.91 Å². The molecule has 1 aliphatic rings. The number of benzene rings is 1. The average molecular weight is 340 g/mol. The second-order valence-corrected chi connectivity index (χ2v) is 6.42. The van der Waals surface area contributed by atoms with Crippen molar-refractivity contribution in [1.82, 2.24) is 9.88 Å². The first-order valence-corrected chi connectivity index (χ1v) is 8.77. The van der Waals surface area contributed by atoms with Crippen LogP contribution in [-0.4, -0.2) is 40.1 Å². The Morgan fingerprint density at radius 2 is 1.92 bits per heavy atom. The van der Waals surface area contributed by atoms with E-state index in [1.807, 2.05) is 35.4 Å². The number of rotatable bonds is 6. The van der Waals surface area contributed by atoms with Gasteiger partial charge in [-0.2, -0.15) is 0 Å². The van der Waals surface area contributed by atoms with Gasteiger partial charge < -0.3 is 14.7 Å². The fourth-order valence-corrected chi connectivity index (χ4v) is 3.04. The predicted molar refractivity (Wildman–Crippen MR) is 95.1 cm³/mol. The molecule has 5 heteroatoms. The first-order chi connectivity index (χ1) is 12.2. The Morgan fingerprint density at radius 1 is 1.16 bits per heavy atom. The number of ether oxygens (including phenoxy) is 1. The van der Waals surface area contributed by atoms with Crippen molar-refractivity contribution < 1.29 is 14.6 Å². The molecule has 1 aromatic carbocycles. The molecule has 0 atom stereocenters. The molecule has 1 aromatic heterocycles. The summed E-state index contributed by atoms with van der Waals surface area (Å²) < 4.78 is 5.94. The third-order valence-electron chi connectivity index (χ3n) is 4.57. The summed E-state index contributed by atoms with van der Waals surface area (Å²) in [5.74, 6) is 0.446. The van der Waals surface area contributed by atoms with Gasteiger partial charge in [0.1, 0.15) is 5.75 Å². The van der Waals surface area contributed by atoms with E-state index in [0.717, 1.165) is 37.1 Å². The predicted octanol–water partition coefficient (Wildman–Crippen LogP) is 2.93. The van der Waals surface area contributed by atoms with Crippen LogP contribution >= 0.6 is 0 Å². The van der Waals surface area contributed by atoms with Crippen molar-refractivity contribution in [1.29, 1.82) is 0 Å². The van der Waals surface area contributed by atoms with Crippen molar-refractivity contribution in [2.45, 2.75) is 38.4 Å². The first-order valence-electron chi connectivity index (χ1n) is 8.77. The van der Waals surface area contributed by atoms with Crippen LogP contribution in [0.2, 0.25) is 0 Å². The van der Waals surface area contributed by atoms with Crippen LogP contribution in [-0.2, 0) is 22.6 Å². The molecule has 0 unspecified atom stereocenters. The van der Waals surface area contributed by atoms with Gasteiger partial charge in [-0.1, -0.05) is 18.2 Å². The fraction of sp³-hybridized carbons (Fsp3) is 0.400. The van der Waals surface area contributed by atoms with Crippen molar-refractivity contribution in [2.75, 3.05) is 13.1 Å². The van der Waals surface area contributed by atoms with Crippen LogP contribution in [0, 0.1) is 0 Å². The minimum Gasteiger partial charge on any atom is -0.508 e. The maximum absolute atomic E-state index is 12.4. The molecule has 0 spiro atoms. The normalized spacial score (nSPS) is 15.3. The van der Waals surface area contributed by atoms with Crippen LogP contribution in [0.3, 0.4) is 0 Å². The standard InChI is InChI=1S/C20H24N2O3/c23-18-6-3-16(4-7-18)5-8-20(24)22-12-9-19(10-13-22)25-15-17-2-1-11-21-14-17/h1-4,6-7,11,14,19,23H,5,8-10,12-13,15H2. The van der Waals surface area contributed by atoms with E-state index in [2.05, 4.69) is 4.98 Å². The van der Waals surface area contributed by atoms with Gasteiger partial charge in [-0.15, -0.1) is 0 Å². The summed E-state index contributed by atoms with van der Waals surface area (Å²) in [4.78, 5) is 18.4. The fourth-order valence-electron chi connectivity index (χ4n) is 3.04. The minimum atomic E-state index is 0.193. The number of aromatic hydroxyl groups is 1. The second-order valence-electron chi connectivity index (χ2n) is 6.42. The highest BCUT2D eigenvalue weighted by Gasteiger charge is 2.23. The number of likely N-dealkylation sites (tertiary alicyclic amines) is 1. The number of phenols is 1. The quantitative estimate of drug-likeness (QED) is 0.878. The molecule has 3 rings (SSSR count). The molecule has 1 aliphatic heterocycles. The smallest absolute Gasteiger partial charge is 0.222 e. The molecule has 1 amide bonds. The molecular formula is C20H24N2O3. The van der Waals surface area contributed by atoms with Crippen LogP contribution in [0.15, 0.2) is 48.8 Å². The molecule has 0 bridgehead atoms. The molecule has 1 N–H and O–H groups in total. The highest BCUT2D eigenvalue weighted by atomic mass is 16.5. The monoisotopic (exact) mass is 340 g/mol. The van der Waals surface area contributed by atoms with E-state index in [-0.39, 0.29) is 17.8 Å². The number of aryl methyl sites for hydroxylation is 1. The first kappa shape index (κ1) is 17.4. The lowest BCUT2D eigenvalue weighted by Crippen LogP contribution is -2.40. The molecule has 132 valence electrons. The van der Waals surface area contributed by atoms with Gasteiger partial charge in [-0.05, 0) is 48.6 Å². The Labute approximate surface area is 148 Å². The third kappa shape index (κ3) is 5.29. The number of carbonyl (C=O) groups is 1. The number of hydrogen-bond donors (Lipinski definition) is 1. The SMILES string of the molecule is O=C(CCc1ccc(O)cc1)N1CCC(OCc2cccnc2)CC1. The number of hydrogen-bond acceptors (Lipinski definition) is 4. The molecule has 2 aromatic rings. The van der Waals surface area contributed by atoms with Crippen LogP contribution in [0.5, 0.6) is 5.75 Å². The van der Waals surface area contributed by atoms with Crippen molar-refractivity contribution in [3.63, 3.8) is 0 Å². The Balaban J connectivity index is 1.38. The topological polar surface area (TPSA) is 62.7 Å². The summed E-state index contributed by atoms with van der Waals surface area (Å²) in [5.41, 5.74) is 2.15. The lowest BCUT2D eigenvalue weighted by Gasteiger charge is -2.32. The lowest BCUT2D eigenvalue weighted by molar-refractivity contribution is -0.134. The average Bonchev–Trinajstić information content (AvgIpc) is 2.67. The third-order valence-corrected chi connectivity index (χ3v) is 4.57. The number of pyridine rings is 1. The van der Waals surface area contributed by atoms with E-state index < -0.39 is 0 Å². The van der Waals surface area contributed by atoms with Crippen molar-refractivity contribution >= 4 is 5.91 Å². The maximum atomic E-state index is 12.4. The van der Waals surface area contributed by atoms with Crippen LogP contribution in [0.25, 0.3) is 0 Å². The summed E-state index contributed by atoms with van der Waals surface area (Å²) in [5, 5.41) is 9.29. The largest absolute Gasteiger partial charge is 0.508 e. The lowest BCUT2D eigenvalue weighted by atomic mass is 10.1. The van der Waals surface area contributed by atoms with E-state index in [9.17, 15) is 9.90 Å². The van der Waals surface area contributed by atoms with Crippen LogP contribution < -0.4 is 0 Å². The summed E-state index contributed by atoms with van der Waals surface area (Å²) in [6.07, 6.45) is 6.76.